The Labute approximate surface area is 131 Å². The van der Waals surface area contributed by atoms with Gasteiger partial charge in [0.1, 0.15) is 12.1 Å². The van der Waals surface area contributed by atoms with E-state index in [2.05, 4.69) is 0 Å². The zero-order valence-electron chi connectivity index (χ0n) is 10.1. The van der Waals surface area contributed by atoms with E-state index in [0.29, 0.717) is 16.9 Å². The van der Waals surface area contributed by atoms with Gasteiger partial charge >= 0.3 is 24.8 Å². The largest absolute Gasteiger partial charge is 1.00 e. The van der Waals surface area contributed by atoms with E-state index >= 15 is 0 Å². The van der Waals surface area contributed by atoms with Gasteiger partial charge in [-0.1, -0.05) is 6.07 Å². The fourth-order valence-electron chi connectivity index (χ4n) is 1.07. The second-order valence-electron chi connectivity index (χ2n) is 3.01. The summed E-state index contributed by atoms with van der Waals surface area (Å²) in [5, 5.41) is 17.7. The van der Waals surface area contributed by atoms with Gasteiger partial charge in [-0.25, -0.2) is 0 Å². The molecule has 0 aromatic heterocycles. The molecule has 0 fully saturated rings. The average Bonchev–Trinajstić information content (AvgIpc) is 2.41. The van der Waals surface area contributed by atoms with Crippen LogP contribution in [0.5, 0.6) is 0 Å². The maximum atomic E-state index is 11.2. The Hall–Kier alpha value is -1.07. The summed E-state index contributed by atoms with van der Waals surface area (Å²) in [6, 6.07) is 8.48. The SMILES string of the molecule is N#Cc1cccc(SOC(=O)CCS[O-])c1C#N.[Li+]. The molecule has 0 atom stereocenters. The fraction of sp³-hybridized carbons (Fsp3) is 0.182. The first-order chi connectivity index (χ1) is 8.72. The van der Waals surface area contributed by atoms with E-state index < -0.39 is 5.97 Å². The normalized spacial score (nSPS) is 8.79. The van der Waals surface area contributed by atoms with Crippen LogP contribution in [0, 0.1) is 22.7 Å². The maximum Gasteiger partial charge on any atom is 1.00 e. The molecule has 0 radical (unpaired) electrons. The van der Waals surface area contributed by atoms with Crippen molar-refractivity contribution in [3.8, 4) is 12.1 Å². The van der Waals surface area contributed by atoms with E-state index in [-0.39, 0.29) is 42.2 Å². The van der Waals surface area contributed by atoms with E-state index in [1.807, 2.05) is 12.1 Å². The van der Waals surface area contributed by atoms with Crippen molar-refractivity contribution in [1.29, 1.82) is 10.5 Å². The number of carbonyl (C=O) groups excluding carboxylic acids is 1. The van der Waals surface area contributed by atoms with Crippen molar-refractivity contribution < 1.29 is 32.4 Å². The minimum atomic E-state index is -0.533. The Morgan fingerprint density at radius 2 is 2.11 bits per heavy atom. The summed E-state index contributed by atoms with van der Waals surface area (Å²) in [7, 11) is 0. The van der Waals surface area contributed by atoms with Crippen molar-refractivity contribution in [2.45, 2.75) is 11.3 Å². The number of rotatable bonds is 5. The quantitative estimate of drug-likeness (QED) is 0.518. The first kappa shape index (κ1) is 17.9. The van der Waals surface area contributed by atoms with Crippen LogP contribution in [0.1, 0.15) is 17.5 Å². The number of nitriles is 2. The smallest absolute Gasteiger partial charge is 0.799 e. The van der Waals surface area contributed by atoms with Crippen LogP contribution in [-0.4, -0.2) is 16.3 Å². The summed E-state index contributed by atoms with van der Waals surface area (Å²) in [6.45, 7) is 0. The summed E-state index contributed by atoms with van der Waals surface area (Å²) >= 11 is 1.04. The van der Waals surface area contributed by atoms with Crippen molar-refractivity contribution in [2.75, 3.05) is 5.75 Å². The number of hydrogen-bond acceptors (Lipinski definition) is 7. The molecule has 8 heteroatoms. The van der Waals surface area contributed by atoms with Gasteiger partial charge in [-0.15, -0.1) is 0 Å². The van der Waals surface area contributed by atoms with Crippen LogP contribution in [0.3, 0.4) is 0 Å². The van der Waals surface area contributed by atoms with E-state index in [1.54, 1.807) is 12.1 Å². The molecular formula is C11H7LiN2O3S2. The van der Waals surface area contributed by atoms with Crippen molar-refractivity contribution in [2.24, 2.45) is 0 Å². The Morgan fingerprint density at radius 3 is 2.68 bits per heavy atom. The molecule has 1 aromatic carbocycles. The fourth-order valence-corrected chi connectivity index (χ4v) is 1.96. The van der Waals surface area contributed by atoms with Crippen LogP contribution in [0.25, 0.3) is 0 Å². The molecule has 0 amide bonds. The third-order valence-electron chi connectivity index (χ3n) is 1.87. The molecule has 0 saturated carbocycles. The molecule has 0 saturated heterocycles. The Kier molecular flexibility index (Phi) is 9.25. The summed E-state index contributed by atoms with van der Waals surface area (Å²) < 4.78 is 15.0. The van der Waals surface area contributed by atoms with Crippen LogP contribution in [0.4, 0.5) is 0 Å². The van der Waals surface area contributed by atoms with Crippen molar-refractivity contribution >= 4 is 30.1 Å². The Morgan fingerprint density at radius 1 is 1.37 bits per heavy atom. The summed E-state index contributed by atoms with van der Waals surface area (Å²) in [6.07, 6.45) is 0.0149. The van der Waals surface area contributed by atoms with Crippen molar-refractivity contribution in [3.05, 3.63) is 29.3 Å². The van der Waals surface area contributed by atoms with Crippen LogP contribution in [0.2, 0.25) is 0 Å². The molecule has 0 bridgehead atoms. The molecule has 19 heavy (non-hydrogen) atoms. The van der Waals surface area contributed by atoms with Crippen LogP contribution in [-0.2, 0) is 8.98 Å². The molecule has 92 valence electrons. The number of nitrogens with zero attached hydrogens (tertiary/aromatic N) is 2. The first-order valence-corrected chi connectivity index (χ1v) is 6.43. The van der Waals surface area contributed by atoms with Gasteiger partial charge in [0.25, 0.3) is 0 Å². The Balaban J connectivity index is 0.00000324. The van der Waals surface area contributed by atoms with E-state index in [4.69, 9.17) is 14.7 Å². The topological polar surface area (TPSA) is 96.9 Å². The number of hydrogen-bond donors (Lipinski definition) is 0. The minimum Gasteiger partial charge on any atom is -0.799 e. The molecular weight excluding hydrogens is 279 g/mol. The average molecular weight is 286 g/mol. The zero-order chi connectivity index (χ0) is 13.4. The second-order valence-corrected chi connectivity index (χ2v) is 4.43. The van der Waals surface area contributed by atoms with Gasteiger partial charge in [0.05, 0.1) is 34.5 Å². The molecule has 0 heterocycles. The van der Waals surface area contributed by atoms with Crippen molar-refractivity contribution in [3.63, 3.8) is 0 Å². The van der Waals surface area contributed by atoms with Gasteiger partial charge in [-0.2, -0.15) is 10.5 Å². The Bertz CT molecular complexity index is 526. The molecule has 1 aromatic rings. The standard InChI is InChI=1S/C11H8N2O3S2.Li/c12-6-8-2-1-3-10(9(8)7-13)18-16-11(14)4-5-17-15;/h1-3,15H,4-5H2;/q;+1/p-1. The van der Waals surface area contributed by atoms with Gasteiger partial charge in [-0.05, 0) is 17.9 Å². The zero-order valence-corrected chi connectivity index (χ0v) is 11.7. The third kappa shape index (κ3) is 5.61. The molecule has 0 unspecified atom stereocenters. The molecule has 1 rings (SSSR count). The number of benzene rings is 1. The summed E-state index contributed by atoms with van der Waals surface area (Å²) in [5.74, 6) is -0.391. The predicted molar refractivity (Wildman–Crippen MR) is 65.7 cm³/mol. The molecule has 0 aliphatic carbocycles. The van der Waals surface area contributed by atoms with E-state index in [9.17, 15) is 9.35 Å². The van der Waals surface area contributed by atoms with Gasteiger partial charge in [0.2, 0.25) is 0 Å². The summed E-state index contributed by atoms with van der Waals surface area (Å²) in [5.41, 5.74) is 0.407. The monoisotopic (exact) mass is 286 g/mol. The van der Waals surface area contributed by atoms with Crippen molar-refractivity contribution in [1.82, 2.24) is 0 Å². The third-order valence-corrected chi connectivity index (χ3v) is 3.03. The second kappa shape index (κ2) is 9.81. The van der Waals surface area contributed by atoms with Crippen LogP contribution < -0.4 is 18.9 Å². The predicted octanol–water partition coefficient (Wildman–Crippen LogP) is -0.762. The molecule has 0 aliphatic rings. The van der Waals surface area contributed by atoms with Gasteiger partial charge in [0, 0.05) is 0 Å². The van der Waals surface area contributed by atoms with Crippen LogP contribution >= 0.6 is 24.1 Å². The maximum absolute atomic E-state index is 11.2. The molecule has 5 nitrogen and oxygen atoms in total. The number of carbonyl (C=O) groups is 1. The van der Waals surface area contributed by atoms with Gasteiger partial charge in [0.15, 0.2) is 0 Å². The van der Waals surface area contributed by atoms with Crippen LogP contribution in [0.15, 0.2) is 23.1 Å². The van der Waals surface area contributed by atoms with E-state index in [0.717, 1.165) is 12.0 Å². The molecule has 0 N–H and O–H groups in total. The van der Waals surface area contributed by atoms with E-state index in [1.165, 1.54) is 6.07 Å². The molecule has 0 spiro atoms. The van der Waals surface area contributed by atoms with Gasteiger partial charge in [-0.3, -0.25) is 16.8 Å². The van der Waals surface area contributed by atoms with Gasteiger partial charge < -0.3 is 8.74 Å². The minimum absolute atomic E-state index is 0. The summed E-state index contributed by atoms with van der Waals surface area (Å²) in [4.78, 5) is 11.6. The molecule has 0 aliphatic heterocycles. The first-order valence-electron chi connectivity index (χ1n) is 4.78.